The van der Waals surface area contributed by atoms with Crippen LogP contribution in [0.3, 0.4) is 0 Å². The number of hydrogen-bond donors (Lipinski definition) is 2. The van der Waals surface area contributed by atoms with Gasteiger partial charge in [0.1, 0.15) is 11.4 Å². The number of nitrogens with two attached hydrogens (primary N) is 1. The van der Waals surface area contributed by atoms with Crippen LogP contribution >= 0.6 is 0 Å². The van der Waals surface area contributed by atoms with E-state index in [-0.39, 0.29) is 23.9 Å². The van der Waals surface area contributed by atoms with Gasteiger partial charge in [-0.1, -0.05) is 6.92 Å². The molecule has 2 aromatic rings. The number of piperidine rings is 1. The highest BCUT2D eigenvalue weighted by atomic mass is 16.5. The number of carbonyl (C=O) groups is 2. The smallest absolute Gasteiger partial charge is 0.343 e. The van der Waals surface area contributed by atoms with Crippen LogP contribution < -0.4 is 11.1 Å². The van der Waals surface area contributed by atoms with Crippen LogP contribution in [0.2, 0.25) is 0 Å². The fraction of sp³-hybridized carbons (Fsp3) is 0.500. The van der Waals surface area contributed by atoms with Gasteiger partial charge in [-0.3, -0.25) is 4.79 Å². The highest BCUT2D eigenvalue weighted by molar-refractivity contribution is 5.95. The molecule has 0 unspecified atom stereocenters. The van der Waals surface area contributed by atoms with Crippen molar-refractivity contribution in [1.29, 1.82) is 0 Å². The Kier molecular flexibility index (Phi) is 7.46. The summed E-state index contributed by atoms with van der Waals surface area (Å²) in [5.41, 5.74) is 7.49. The molecule has 162 valence electrons. The second kappa shape index (κ2) is 10.2. The predicted molar refractivity (Wildman–Crippen MR) is 116 cm³/mol. The van der Waals surface area contributed by atoms with Crippen molar-refractivity contribution in [3.63, 3.8) is 0 Å². The molecule has 0 aliphatic carbocycles. The zero-order valence-electron chi connectivity index (χ0n) is 17.8. The van der Waals surface area contributed by atoms with Gasteiger partial charge < -0.3 is 20.7 Å². The van der Waals surface area contributed by atoms with E-state index in [2.05, 4.69) is 22.2 Å². The normalized spacial score (nSPS) is 16.9. The molecule has 8 heteroatoms. The topological polar surface area (TPSA) is 102 Å². The Balaban J connectivity index is 1.51. The molecule has 1 aliphatic heterocycles. The number of rotatable bonds is 8. The van der Waals surface area contributed by atoms with Gasteiger partial charge in [-0.15, -0.1) is 0 Å². The van der Waals surface area contributed by atoms with Gasteiger partial charge in [-0.25, -0.2) is 9.48 Å². The lowest BCUT2D eigenvalue weighted by Crippen LogP contribution is -2.36. The summed E-state index contributed by atoms with van der Waals surface area (Å²) < 4.78 is 6.42. The van der Waals surface area contributed by atoms with Gasteiger partial charge in [0.25, 0.3) is 5.91 Å². The fourth-order valence-corrected chi connectivity index (χ4v) is 3.78. The van der Waals surface area contributed by atoms with E-state index in [1.54, 1.807) is 31.2 Å². The molecule has 30 heavy (non-hydrogen) atoms. The Hall–Kier alpha value is -2.87. The van der Waals surface area contributed by atoms with Crippen LogP contribution in [0.4, 0.5) is 5.82 Å². The lowest BCUT2D eigenvalue weighted by atomic mass is 10.0. The van der Waals surface area contributed by atoms with E-state index in [0.717, 1.165) is 32.0 Å². The number of ether oxygens (including phenoxy) is 1. The van der Waals surface area contributed by atoms with E-state index < -0.39 is 5.97 Å². The molecule has 1 aliphatic rings. The van der Waals surface area contributed by atoms with Gasteiger partial charge >= 0.3 is 5.97 Å². The molecule has 1 aromatic carbocycles. The Morgan fingerprint density at radius 3 is 2.77 bits per heavy atom. The molecule has 1 amide bonds. The summed E-state index contributed by atoms with van der Waals surface area (Å²) >= 11 is 0. The molecule has 3 N–H and O–H groups in total. The SMILES string of the molecule is CCOC(=O)c1cnn(-c2ccc(C(=O)NCCCN3CCC[C@H](C)C3)cc2)c1N. The van der Waals surface area contributed by atoms with Gasteiger partial charge in [0.05, 0.1) is 18.5 Å². The minimum Gasteiger partial charge on any atom is -0.462 e. The monoisotopic (exact) mass is 413 g/mol. The first-order chi connectivity index (χ1) is 14.5. The van der Waals surface area contributed by atoms with Crippen LogP contribution in [0.15, 0.2) is 30.5 Å². The van der Waals surface area contributed by atoms with Crippen molar-refractivity contribution in [2.45, 2.75) is 33.1 Å². The van der Waals surface area contributed by atoms with Crippen LogP contribution in [-0.4, -0.2) is 59.3 Å². The first-order valence-electron chi connectivity index (χ1n) is 10.6. The average molecular weight is 414 g/mol. The van der Waals surface area contributed by atoms with Gasteiger partial charge in [-0.2, -0.15) is 5.10 Å². The van der Waals surface area contributed by atoms with Gasteiger partial charge in [0, 0.05) is 18.7 Å². The summed E-state index contributed by atoms with van der Waals surface area (Å²) in [5.74, 6) is 0.368. The second-order valence-corrected chi connectivity index (χ2v) is 7.78. The van der Waals surface area contributed by atoms with E-state index in [1.165, 1.54) is 23.7 Å². The number of anilines is 1. The third-order valence-electron chi connectivity index (χ3n) is 5.35. The standard InChI is InChI=1S/C22H31N5O3/c1-3-30-22(29)19-14-25-27(20(19)23)18-9-7-17(8-10-18)21(28)24-11-5-13-26-12-4-6-16(2)15-26/h7-10,14,16H,3-6,11-13,15,23H2,1-2H3,(H,24,28)/t16-/m0/s1. The van der Waals surface area contributed by atoms with E-state index in [1.807, 2.05) is 0 Å². The Morgan fingerprint density at radius 1 is 1.30 bits per heavy atom. The van der Waals surface area contributed by atoms with Crippen molar-refractivity contribution in [2.24, 2.45) is 5.92 Å². The lowest BCUT2D eigenvalue weighted by Gasteiger charge is -2.30. The van der Waals surface area contributed by atoms with Crippen LogP contribution in [0, 0.1) is 5.92 Å². The quantitative estimate of drug-likeness (QED) is 0.509. The maximum atomic E-state index is 12.4. The first kappa shape index (κ1) is 21.8. The number of hydrogen-bond acceptors (Lipinski definition) is 6. The third-order valence-corrected chi connectivity index (χ3v) is 5.35. The van der Waals surface area contributed by atoms with Crippen molar-refractivity contribution in [3.05, 3.63) is 41.6 Å². The van der Waals surface area contributed by atoms with Crippen molar-refractivity contribution in [3.8, 4) is 5.69 Å². The summed E-state index contributed by atoms with van der Waals surface area (Å²) in [6.07, 6.45) is 4.91. The lowest BCUT2D eigenvalue weighted by molar-refractivity contribution is 0.0527. The van der Waals surface area contributed by atoms with E-state index in [4.69, 9.17) is 10.5 Å². The van der Waals surface area contributed by atoms with E-state index in [0.29, 0.717) is 17.8 Å². The van der Waals surface area contributed by atoms with Crippen molar-refractivity contribution in [1.82, 2.24) is 20.0 Å². The summed E-state index contributed by atoms with van der Waals surface area (Å²) in [6, 6.07) is 6.95. The molecule has 0 spiro atoms. The number of amides is 1. The molecule has 0 radical (unpaired) electrons. The van der Waals surface area contributed by atoms with Crippen LogP contribution in [-0.2, 0) is 4.74 Å². The maximum Gasteiger partial charge on any atom is 0.343 e. The molecule has 0 saturated carbocycles. The van der Waals surface area contributed by atoms with Crippen LogP contribution in [0.1, 0.15) is 53.8 Å². The minimum atomic E-state index is -0.503. The number of carbonyl (C=O) groups excluding carboxylic acids is 2. The molecular formula is C22H31N5O3. The number of esters is 1. The van der Waals surface area contributed by atoms with Gasteiger partial charge in [0.2, 0.25) is 0 Å². The van der Waals surface area contributed by atoms with Crippen molar-refractivity contribution < 1.29 is 14.3 Å². The molecular weight excluding hydrogens is 382 g/mol. The summed E-state index contributed by atoms with van der Waals surface area (Å²) in [4.78, 5) is 26.8. The zero-order chi connectivity index (χ0) is 21.5. The number of nitrogens with zero attached hydrogens (tertiary/aromatic N) is 3. The fourth-order valence-electron chi connectivity index (χ4n) is 3.78. The molecule has 1 fully saturated rings. The Morgan fingerprint density at radius 2 is 2.07 bits per heavy atom. The second-order valence-electron chi connectivity index (χ2n) is 7.78. The van der Waals surface area contributed by atoms with Gasteiger partial charge in [0.15, 0.2) is 0 Å². The van der Waals surface area contributed by atoms with Crippen molar-refractivity contribution >= 4 is 17.7 Å². The van der Waals surface area contributed by atoms with Crippen LogP contribution in [0.25, 0.3) is 5.69 Å². The summed E-state index contributed by atoms with van der Waals surface area (Å²) in [6.45, 7) is 8.29. The molecule has 3 rings (SSSR count). The maximum absolute atomic E-state index is 12.4. The van der Waals surface area contributed by atoms with E-state index in [9.17, 15) is 9.59 Å². The average Bonchev–Trinajstić information content (AvgIpc) is 3.13. The number of benzene rings is 1. The molecule has 8 nitrogen and oxygen atoms in total. The minimum absolute atomic E-state index is 0.103. The third kappa shape index (κ3) is 5.38. The summed E-state index contributed by atoms with van der Waals surface area (Å²) in [5, 5.41) is 7.14. The van der Waals surface area contributed by atoms with Gasteiger partial charge in [-0.05, 0) is 69.5 Å². The first-order valence-corrected chi connectivity index (χ1v) is 10.6. The van der Waals surface area contributed by atoms with Crippen molar-refractivity contribution in [2.75, 3.05) is 38.5 Å². The Bertz CT molecular complexity index is 862. The molecule has 1 aromatic heterocycles. The van der Waals surface area contributed by atoms with Crippen LogP contribution in [0.5, 0.6) is 0 Å². The molecule has 0 bridgehead atoms. The van der Waals surface area contributed by atoms with E-state index >= 15 is 0 Å². The number of nitrogens with one attached hydrogen (secondary N) is 1. The Labute approximate surface area is 177 Å². The highest BCUT2D eigenvalue weighted by Crippen LogP contribution is 2.19. The molecule has 1 atom stereocenters. The number of likely N-dealkylation sites (tertiary alicyclic amines) is 1. The summed E-state index contributed by atoms with van der Waals surface area (Å²) in [7, 11) is 0. The molecule has 1 saturated heterocycles. The predicted octanol–water partition coefficient (Wildman–Crippen LogP) is 2.48. The highest BCUT2D eigenvalue weighted by Gasteiger charge is 2.18. The molecule has 2 heterocycles. The largest absolute Gasteiger partial charge is 0.462 e. The number of aromatic nitrogens is 2. The zero-order valence-corrected chi connectivity index (χ0v) is 17.8. The number of nitrogen functional groups attached to an aromatic ring is 1.